The van der Waals surface area contributed by atoms with Crippen molar-refractivity contribution in [3.63, 3.8) is 0 Å². The second-order valence-electron chi connectivity index (χ2n) is 5.23. The quantitative estimate of drug-likeness (QED) is 0.745. The van der Waals surface area contributed by atoms with Gasteiger partial charge in [0.05, 0.1) is 4.88 Å². The molecule has 0 N–H and O–H groups in total. The molecule has 3 rings (SSSR count). The van der Waals surface area contributed by atoms with E-state index in [1.54, 1.807) is 11.3 Å². The lowest BCUT2D eigenvalue weighted by atomic mass is 9.78. The largest absolute Gasteiger partial charge is 0.335 e. The van der Waals surface area contributed by atoms with Gasteiger partial charge in [-0.25, -0.2) is 0 Å². The molecule has 1 aromatic rings. The average molecular weight is 249 g/mol. The third-order valence-corrected chi connectivity index (χ3v) is 5.09. The molecule has 2 atom stereocenters. The molecule has 2 heterocycles. The third kappa shape index (κ3) is 2.13. The lowest BCUT2D eigenvalue weighted by Crippen LogP contribution is -2.49. The molecule has 0 unspecified atom stereocenters. The van der Waals surface area contributed by atoms with Crippen molar-refractivity contribution >= 4 is 17.2 Å². The maximum Gasteiger partial charge on any atom is 0.264 e. The molecule has 0 spiro atoms. The highest BCUT2D eigenvalue weighted by atomic mass is 32.1. The molecule has 0 aromatic carbocycles. The van der Waals surface area contributed by atoms with Crippen LogP contribution in [0.5, 0.6) is 0 Å². The van der Waals surface area contributed by atoms with Gasteiger partial charge in [0.25, 0.3) is 5.91 Å². The molecule has 3 heteroatoms. The molecular weight excluding hydrogens is 230 g/mol. The van der Waals surface area contributed by atoms with E-state index >= 15 is 0 Å². The SMILES string of the molecule is O=C(c1cccs1)N1CCC[C@H]2CCCC[C@@H]21. The van der Waals surface area contributed by atoms with Crippen LogP contribution in [0.1, 0.15) is 48.2 Å². The van der Waals surface area contributed by atoms with E-state index < -0.39 is 0 Å². The Balaban J connectivity index is 1.79. The number of likely N-dealkylation sites (tertiary alicyclic amines) is 1. The number of carbonyl (C=O) groups excluding carboxylic acids is 1. The molecule has 1 saturated heterocycles. The monoisotopic (exact) mass is 249 g/mol. The van der Waals surface area contributed by atoms with Crippen LogP contribution < -0.4 is 0 Å². The highest BCUT2D eigenvalue weighted by Gasteiger charge is 2.36. The molecule has 2 fully saturated rings. The van der Waals surface area contributed by atoms with Gasteiger partial charge in [-0.05, 0) is 43.0 Å². The molecule has 0 bridgehead atoms. The van der Waals surface area contributed by atoms with Crippen molar-refractivity contribution < 1.29 is 4.79 Å². The van der Waals surface area contributed by atoms with Crippen molar-refractivity contribution in [2.75, 3.05) is 6.54 Å². The maximum absolute atomic E-state index is 12.5. The number of thiophene rings is 1. The minimum atomic E-state index is 0.275. The number of hydrogen-bond donors (Lipinski definition) is 0. The average Bonchev–Trinajstić information content (AvgIpc) is 2.91. The summed E-state index contributed by atoms with van der Waals surface area (Å²) < 4.78 is 0. The normalized spacial score (nSPS) is 28.8. The Morgan fingerprint density at radius 1 is 1.24 bits per heavy atom. The number of carbonyl (C=O) groups is 1. The molecule has 1 aliphatic heterocycles. The first-order valence-corrected chi connectivity index (χ1v) is 7.59. The summed E-state index contributed by atoms with van der Waals surface area (Å²) in [5.41, 5.74) is 0. The molecular formula is C14H19NOS. The second kappa shape index (κ2) is 4.81. The summed E-state index contributed by atoms with van der Waals surface area (Å²) in [5, 5.41) is 2.00. The maximum atomic E-state index is 12.5. The van der Waals surface area contributed by atoms with Crippen LogP contribution in [0, 0.1) is 5.92 Å². The molecule has 2 nitrogen and oxygen atoms in total. The van der Waals surface area contributed by atoms with Gasteiger partial charge < -0.3 is 4.90 Å². The molecule has 1 aliphatic carbocycles. The smallest absolute Gasteiger partial charge is 0.264 e. The first-order valence-electron chi connectivity index (χ1n) is 6.71. The minimum absolute atomic E-state index is 0.275. The minimum Gasteiger partial charge on any atom is -0.335 e. The van der Waals surface area contributed by atoms with E-state index in [9.17, 15) is 4.79 Å². The highest BCUT2D eigenvalue weighted by molar-refractivity contribution is 7.12. The second-order valence-corrected chi connectivity index (χ2v) is 6.18. The lowest BCUT2D eigenvalue weighted by molar-refractivity contribution is 0.0395. The van der Waals surface area contributed by atoms with Crippen LogP contribution in [0.4, 0.5) is 0 Å². The van der Waals surface area contributed by atoms with E-state index in [-0.39, 0.29) is 5.91 Å². The van der Waals surface area contributed by atoms with Crippen LogP contribution in [0.3, 0.4) is 0 Å². The van der Waals surface area contributed by atoms with E-state index in [1.165, 1.54) is 38.5 Å². The standard InChI is InChI=1S/C14H19NOS/c16-14(13-8-4-10-17-13)15-9-3-6-11-5-1-2-7-12(11)15/h4,8,10-12H,1-3,5-7,9H2/t11-,12+/m1/s1. The van der Waals surface area contributed by atoms with Gasteiger partial charge in [-0.1, -0.05) is 18.9 Å². The summed E-state index contributed by atoms with van der Waals surface area (Å²) in [6.07, 6.45) is 7.75. The van der Waals surface area contributed by atoms with E-state index in [1.807, 2.05) is 17.5 Å². The highest BCUT2D eigenvalue weighted by Crippen LogP contribution is 2.36. The molecule has 92 valence electrons. The fraction of sp³-hybridized carbons (Fsp3) is 0.643. The van der Waals surface area contributed by atoms with Gasteiger partial charge in [-0.3, -0.25) is 4.79 Å². The third-order valence-electron chi connectivity index (χ3n) is 4.24. The first kappa shape index (κ1) is 11.3. The Kier molecular flexibility index (Phi) is 3.19. The summed E-state index contributed by atoms with van der Waals surface area (Å²) in [6.45, 7) is 0.970. The molecule has 1 saturated carbocycles. The van der Waals surface area contributed by atoms with Crippen LogP contribution in [-0.2, 0) is 0 Å². The Bertz CT molecular complexity index is 385. The Hall–Kier alpha value is -0.830. The van der Waals surface area contributed by atoms with Crippen molar-refractivity contribution in [1.82, 2.24) is 4.90 Å². The van der Waals surface area contributed by atoms with Crippen molar-refractivity contribution in [1.29, 1.82) is 0 Å². The number of rotatable bonds is 1. The zero-order chi connectivity index (χ0) is 11.7. The predicted octanol–water partition coefficient (Wildman–Crippen LogP) is 3.54. The predicted molar refractivity (Wildman–Crippen MR) is 70.3 cm³/mol. The van der Waals surface area contributed by atoms with Crippen molar-refractivity contribution in [3.05, 3.63) is 22.4 Å². The summed E-state index contributed by atoms with van der Waals surface area (Å²) in [5.74, 6) is 1.05. The topological polar surface area (TPSA) is 20.3 Å². The summed E-state index contributed by atoms with van der Waals surface area (Å²) >= 11 is 1.57. The van der Waals surface area contributed by atoms with Gasteiger partial charge in [0.2, 0.25) is 0 Å². The van der Waals surface area contributed by atoms with E-state index in [0.29, 0.717) is 6.04 Å². The van der Waals surface area contributed by atoms with E-state index in [0.717, 1.165) is 17.3 Å². The van der Waals surface area contributed by atoms with Crippen molar-refractivity contribution in [3.8, 4) is 0 Å². The Labute approximate surface area is 107 Å². The zero-order valence-corrected chi connectivity index (χ0v) is 10.9. The van der Waals surface area contributed by atoms with Gasteiger partial charge in [0, 0.05) is 12.6 Å². The number of fused-ring (bicyclic) bond motifs is 1. The Morgan fingerprint density at radius 2 is 2.06 bits per heavy atom. The molecule has 1 aromatic heterocycles. The van der Waals surface area contributed by atoms with Crippen LogP contribution in [0.25, 0.3) is 0 Å². The van der Waals surface area contributed by atoms with Gasteiger partial charge in [-0.2, -0.15) is 0 Å². The van der Waals surface area contributed by atoms with Gasteiger partial charge in [-0.15, -0.1) is 11.3 Å². The molecule has 1 amide bonds. The van der Waals surface area contributed by atoms with E-state index in [4.69, 9.17) is 0 Å². The number of piperidine rings is 1. The molecule has 17 heavy (non-hydrogen) atoms. The first-order chi connectivity index (χ1) is 8.36. The van der Waals surface area contributed by atoms with Gasteiger partial charge >= 0.3 is 0 Å². The Morgan fingerprint density at radius 3 is 2.88 bits per heavy atom. The molecule has 0 radical (unpaired) electrons. The summed E-state index contributed by atoms with van der Waals surface area (Å²) in [4.78, 5) is 15.5. The number of hydrogen-bond acceptors (Lipinski definition) is 2. The van der Waals surface area contributed by atoms with Crippen LogP contribution in [0.15, 0.2) is 17.5 Å². The van der Waals surface area contributed by atoms with Crippen LogP contribution in [-0.4, -0.2) is 23.4 Å². The van der Waals surface area contributed by atoms with Gasteiger partial charge in [0.1, 0.15) is 0 Å². The summed E-state index contributed by atoms with van der Waals surface area (Å²) in [7, 11) is 0. The lowest BCUT2D eigenvalue weighted by Gasteiger charge is -2.44. The molecule has 2 aliphatic rings. The van der Waals surface area contributed by atoms with Crippen molar-refractivity contribution in [2.45, 2.75) is 44.6 Å². The van der Waals surface area contributed by atoms with Gasteiger partial charge in [0.15, 0.2) is 0 Å². The van der Waals surface area contributed by atoms with Crippen LogP contribution >= 0.6 is 11.3 Å². The fourth-order valence-corrected chi connectivity index (χ4v) is 4.10. The van der Waals surface area contributed by atoms with E-state index in [2.05, 4.69) is 4.90 Å². The number of nitrogens with zero attached hydrogens (tertiary/aromatic N) is 1. The van der Waals surface area contributed by atoms with Crippen LogP contribution in [0.2, 0.25) is 0 Å². The number of amides is 1. The van der Waals surface area contributed by atoms with Crippen molar-refractivity contribution in [2.24, 2.45) is 5.92 Å². The zero-order valence-electron chi connectivity index (χ0n) is 10.1. The fourth-order valence-electron chi connectivity index (χ4n) is 3.42. The summed E-state index contributed by atoms with van der Waals surface area (Å²) in [6, 6.07) is 4.46.